The molecular formula is C14H20FNO. The van der Waals surface area contributed by atoms with E-state index in [9.17, 15) is 4.39 Å². The minimum atomic E-state index is -0.196. The second kappa shape index (κ2) is 5.15. The molecule has 1 aliphatic rings. The summed E-state index contributed by atoms with van der Waals surface area (Å²) in [5.74, 6) is -0.196. The van der Waals surface area contributed by atoms with Gasteiger partial charge in [-0.15, -0.1) is 0 Å². The van der Waals surface area contributed by atoms with Crippen molar-refractivity contribution in [1.29, 1.82) is 0 Å². The normalized spacial score (nSPS) is 26.8. The van der Waals surface area contributed by atoms with Crippen LogP contribution in [0.25, 0.3) is 0 Å². The first-order valence-corrected chi connectivity index (χ1v) is 6.22. The third-order valence-electron chi connectivity index (χ3n) is 3.60. The van der Waals surface area contributed by atoms with Gasteiger partial charge < -0.3 is 10.1 Å². The van der Waals surface area contributed by atoms with Crippen LogP contribution >= 0.6 is 0 Å². The molecule has 1 heterocycles. The Morgan fingerprint density at radius 3 is 2.53 bits per heavy atom. The van der Waals surface area contributed by atoms with E-state index < -0.39 is 0 Å². The first-order chi connectivity index (χ1) is 8.15. The highest BCUT2D eigenvalue weighted by Gasteiger charge is 2.36. The molecule has 2 atom stereocenters. The standard InChI is InChI=1S/C14H20FNO/c1-14(9-3-4-10-17-14)13(16-2)11-5-7-12(15)8-6-11/h5-8,13,16H,3-4,9-10H2,1-2H3. The molecule has 2 unspecified atom stereocenters. The van der Waals surface area contributed by atoms with Crippen LogP contribution in [0, 0.1) is 5.82 Å². The molecule has 1 aliphatic heterocycles. The Hall–Kier alpha value is -0.930. The Balaban J connectivity index is 2.22. The van der Waals surface area contributed by atoms with E-state index in [-0.39, 0.29) is 17.5 Å². The predicted octanol–water partition coefficient (Wildman–Crippen LogP) is 3.05. The summed E-state index contributed by atoms with van der Waals surface area (Å²) in [7, 11) is 1.93. The van der Waals surface area contributed by atoms with Crippen molar-refractivity contribution in [2.24, 2.45) is 0 Å². The zero-order valence-corrected chi connectivity index (χ0v) is 10.5. The van der Waals surface area contributed by atoms with Gasteiger partial charge in [-0.1, -0.05) is 12.1 Å². The Bertz CT molecular complexity index is 357. The van der Waals surface area contributed by atoms with E-state index in [2.05, 4.69) is 12.2 Å². The number of halogens is 1. The number of hydrogen-bond donors (Lipinski definition) is 1. The molecule has 1 fully saturated rings. The van der Waals surface area contributed by atoms with Crippen LogP contribution in [0.5, 0.6) is 0 Å². The molecule has 0 bridgehead atoms. The van der Waals surface area contributed by atoms with Crippen LogP contribution in [0.3, 0.4) is 0 Å². The third kappa shape index (κ3) is 2.67. The molecule has 0 amide bonds. The Morgan fingerprint density at radius 1 is 1.29 bits per heavy atom. The number of likely N-dealkylation sites (N-methyl/N-ethyl adjacent to an activating group) is 1. The first kappa shape index (κ1) is 12.5. The summed E-state index contributed by atoms with van der Waals surface area (Å²) in [6.45, 7) is 2.95. The zero-order chi connectivity index (χ0) is 12.3. The second-order valence-electron chi connectivity index (χ2n) is 4.89. The van der Waals surface area contributed by atoms with Gasteiger partial charge >= 0.3 is 0 Å². The lowest BCUT2D eigenvalue weighted by Gasteiger charge is -2.40. The maximum absolute atomic E-state index is 12.9. The summed E-state index contributed by atoms with van der Waals surface area (Å²) in [5.41, 5.74) is 0.892. The number of rotatable bonds is 3. The molecule has 0 aliphatic carbocycles. The minimum absolute atomic E-state index is 0.114. The molecule has 0 saturated carbocycles. The van der Waals surface area contributed by atoms with Crippen LogP contribution < -0.4 is 5.32 Å². The third-order valence-corrected chi connectivity index (χ3v) is 3.60. The fourth-order valence-electron chi connectivity index (χ4n) is 2.66. The summed E-state index contributed by atoms with van der Waals surface area (Å²) in [6.07, 6.45) is 3.36. The minimum Gasteiger partial charge on any atom is -0.373 e. The molecule has 0 spiro atoms. The van der Waals surface area contributed by atoms with Gasteiger partial charge in [0, 0.05) is 6.61 Å². The van der Waals surface area contributed by atoms with Gasteiger partial charge in [-0.3, -0.25) is 0 Å². The largest absolute Gasteiger partial charge is 0.373 e. The maximum Gasteiger partial charge on any atom is 0.123 e. The van der Waals surface area contributed by atoms with Crippen LogP contribution in [-0.4, -0.2) is 19.3 Å². The fraction of sp³-hybridized carbons (Fsp3) is 0.571. The fourth-order valence-corrected chi connectivity index (χ4v) is 2.66. The van der Waals surface area contributed by atoms with Gasteiger partial charge in [0.2, 0.25) is 0 Å². The summed E-state index contributed by atoms with van der Waals surface area (Å²) in [5, 5.41) is 3.30. The lowest BCUT2D eigenvalue weighted by atomic mass is 9.84. The SMILES string of the molecule is CNC(c1ccc(F)cc1)C1(C)CCCCO1. The molecule has 1 aromatic rings. The van der Waals surface area contributed by atoms with Gasteiger partial charge in [0.05, 0.1) is 11.6 Å². The van der Waals surface area contributed by atoms with Crippen molar-refractivity contribution in [1.82, 2.24) is 5.32 Å². The van der Waals surface area contributed by atoms with E-state index >= 15 is 0 Å². The summed E-state index contributed by atoms with van der Waals surface area (Å²) in [6, 6.07) is 6.79. The summed E-state index contributed by atoms with van der Waals surface area (Å²) < 4.78 is 18.9. The number of nitrogens with one attached hydrogen (secondary N) is 1. The van der Waals surface area contributed by atoms with Crippen molar-refractivity contribution < 1.29 is 9.13 Å². The van der Waals surface area contributed by atoms with Gasteiger partial charge in [0.25, 0.3) is 0 Å². The van der Waals surface area contributed by atoms with Crippen LogP contribution in [0.2, 0.25) is 0 Å². The van der Waals surface area contributed by atoms with Gasteiger partial charge in [-0.05, 0) is 50.9 Å². The molecule has 1 aromatic carbocycles. The van der Waals surface area contributed by atoms with Crippen LogP contribution in [-0.2, 0) is 4.74 Å². The number of hydrogen-bond acceptors (Lipinski definition) is 2. The molecule has 2 rings (SSSR count). The molecule has 94 valence electrons. The quantitative estimate of drug-likeness (QED) is 0.872. The Kier molecular flexibility index (Phi) is 3.79. The molecule has 2 nitrogen and oxygen atoms in total. The lowest BCUT2D eigenvalue weighted by Crippen LogP contribution is -2.44. The van der Waals surface area contributed by atoms with Crippen molar-refractivity contribution in [2.75, 3.05) is 13.7 Å². The molecule has 0 radical (unpaired) electrons. The monoisotopic (exact) mass is 237 g/mol. The first-order valence-electron chi connectivity index (χ1n) is 6.22. The van der Waals surface area contributed by atoms with Crippen molar-refractivity contribution >= 4 is 0 Å². The molecule has 0 aromatic heterocycles. The number of ether oxygens (including phenoxy) is 1. The summed E-state index contributed by atoms with van der Waals surface area (Å²) in [4.78, 5) is 0. The van der Waals surface area contributed by atoms with E-state index in [1.54, 1.807) is 0 Å². The second-order valence-corrected chi connectivity index (χ2v) is 4.89. The van der Waals surface area contributed by atoms with E-state index in [0.717, 1.165) is 25.0 Å². The Labute approximate surface area is 102 Å². The molecule has 1 saturated heterocycles. The van der Waals surface area contributed by atoms with Crippen LogP contribution in [0.4, 0.5) is 4.39 Å². The molecule has 1 N–H and O–H groups in total. The van der Waals surface area contributed by atoms with E-state index in [4.69, 9.17) is 4.74 Å². The van der Waals surface area contributed by atoms with Crippen LogP contribution in [0.15, 0.2) is 24.3 Å². The maximum atomic E-state index is 12.9. The van der Waals surface area contributed by atoms with Gasteiger partial charge in [0.1, 0.15) is 5.82 Å². The highest BCUT2D eigenvalue weighted by molar-refractivity contribution is 5.23. The molecule has 3 heteroatoms. The summed E-state index contributed by atoms with van der Waals surface area (Å²) >= 11 is 0. The molecule has 17 heavy (non-hydrogen) atoms. The molecular weight excluding hydrogens is 217 g/mol. The van der Waals surface area contributed by atoms with Crippen molar-refractivity contribution in [2.45, 2.75) is 37.8 Å². The Morgan fingerprint density at radius 2 is 2.00 bits per heavy atom. The highest BCUT2D eigenvalue weighted by atomic mass is 19.1. The van der Waals surface area contributed by atoms with Gasteiger partial charge in [-0.2, -0.15) is 0 Å². The number of benzene rings is 1. The average Bonchev–Trinajstić information content (AvgIpc) is 2.33. The lowest BCUT2D eigenvalue weighted by molar-refractivity contribution is -0.0884. The van der Waals surface area contributed by atoms with Crippen molar-refractivity contribution in [3.05, 3.63) is 35.6 Å². The zero-order valence-electron chi connectivity index (χ0n) is 10.5. The van der Waals surface area contributed by atoms with E-state index in [1.165, 1.54) is 18.6 Å². The van der Waals surface area contributed by atoms with Gasteiger partial charge in [-0.25, -0.2) is 4.39 Å². The highest BCUT2D eigenvalue weighted by Crippen LogP contribution is 2.36. The topological polar surface area (TPSA) is 21.3 Å². The average molecular weight is 237 g/mol. The predicted molar refractivity (Wildman–Crippen MR) is 66.4 cm³/mol. The van der Waals surface area contributed by atoms with Crippen LogP contribution in [0.1, 0.15) is 37.8 Å². The van der Waals surface area contributed by atoms with E-state index in [1.807, 2.05) is 19.2 Å². The van der Waals surface area contributed by atoms with Gasteiger partial charge in [0.15, 0.2) is 0 Å². The van der Waals surface area contributed by atoms with E-state index in [0.29, 0.717) is 0 Å². The van der Waals surface area contributed by atoms with Crippen molar-refractivity contribution in [3.8, 4) is 0 Å². The van der Waals surface area contributed by atoms with Crippen molar-refractivity contribution in [3.63, 3.8) is 0 Å². The smallest absolute Gasteiger partial charge is 0.123 e.